The highest BCUT2D eigenvalue weighted by Crippen LogP contribution is 2.21. The summed E-state index contributed by atoms with van der Waals surface area (Å²) in [6.07, 6.45) is 0.924. The third kappa shape index (κ3) is 5.64. The Kier molecular flexibility index (Phi) is 6.79. The van der Waals surface area contributed by atoms with Gasteiger partial charge in [-0.15, -0.1) is 0 Å². The highest BCUT2D eigenvalue weighted by atomic mass is 16.2. The lowest BCUT2D eigenvalue weighted by atomic mass is 9.97. The molecule has 24 heavy (non-hydrogen) atoms. The number of hydrogen-bond acceptors (Lipinski definition) is 3. The number of nitrogens with zero attached hydrogens (tertiary/aromatic N) is 2. The van der Waals surface area contributed by atoms with Crippen molar-refractivity contribution in [2.75, 3.05) is 32.7 Å². The number of rotatable bonds is 6. The van der Waals surface area contributed by atoms with Crippen LogP contribution in [-0.2, 0) is 9.59 Å². The Morgan fingerprint density at radius 2 is 1.71 bits per heavy atom. The molecule has 1 fully saturated rings. The molecule has 5 nitrogen and oxygen atoms in total. The largest absolute Gasteiger partial charge is 0.348 e. The lowest BCUT2D eigenvalue weighted by Gasteiger charge is -2.34. The summed E-state index contributed by atoms with van der Waals surface area (Å²) in [7, 11) is 0. The Morgan fingerprint density at radius 3 is 2.25 bits per heavy atom. The number of benzene rings is 1. The number of carbonyl (C=O) groups is 2. The van der Waals surface area contributed by atoms with Crippen molar-refractivity contribution >= 4 is 11.8 Å². The first-order chi connectivity index (χ1) is 11.5. The maximum atomic E-state index is 12.5. The van der Waals surface area contributed by atoms with Crippen molar-refractivity contribution in [3.8, 4) is 0 Å². The van der Waals surface area contributed by atoms with E-state index >= 15 is 0 Å². The average Bonchev–Trinajstić information content (AvgIpc) is 2.55. The summed E-state index contributed by atoms with van der Waals surface area (Å²) in [5.74, 6) is 0.676. The van der Waals surface area contributed by atoms with Gasteiger partial charge >= 0.3 is 0 Å². The van der Waals surface area contributed by atoms with Crippen LogP contribution in [0.5, 0.6) is 0 Å². The van der Waals surface area contributed by atoms with Crippen LogP contribution in [0.4, 0.5) is 0 Å². The number of piperazine rings is 1. The van der Waals surface area contributed by atoms with Crippen molar-refractivity contribution < 1.29 is 9.59 Å². The third-order valence-electron chi connectivity index (χ3n) is 4.43. The van der Waals surface area contributed by atoms with Gasteiger partial charge in [0.05, 0.1) is 12.6 Å². The molecule has 0 radical (unpaired) electrons. The van der Waals surface area contributed by atoms with Crippen molar-refractivity contribution in [1.29, 1.82) is 0 Å². The number of nitrogens with one attached hydrogen (secondary N) is 1. The monoisotopic (exact) mass is 331 g/mol. The van der Waals surface area contributed by atoms with Crippen molar-refractivity contribution in [2.24, 2.45) is 5.92 Å². The fourth-order valence-electron chi connectivity index (χ4n) is 3.10. The minimum atomic E-state index is 0.0530. The van der Waals surface area contributed by atoms with Gasteiger partial charge in [-0.1, -0.05) is 44.2 Å². The highest BCUT2D eigenvalue weighted by molar-refractivity contribution is 5.78. The normalized spacial score (nSPS) is 16.9. The summed E-state index contributed by atoms with van der Waals surface area (Å²) < 4.78 is 0. The van der Waals surface area contributed by atoms with Gasteiger partial charge in [-0.3, -0.25) is 14.5 Å². The minimum Gasteiger partial charge on any atom is -0.348 e. The van der Waals surface area contributed by atoms with Crippen molar-refractivity contribution in [3.63, 3.8) is 0 Å². The first kappa shape index (κ1) is 18.5. The van der Waals surface area contributed by atoms with E-state index < -0.39 is 0 Å². The molecular weight excluding hydrogens is 302 g/mol. The molecule has 1 aliphatic heterocycles. The molecule has 0 spiro atoms. The fourth-order valence-corrected chi connectivity index (χ4v) is 3.10. The summed E-state index contributed by atoms with van der Waals surface area (Å²) in [4.78, 5) is 27.8. The second-order valence-corrected chi connectivity index (χ2v) is 6.94. The Morgan fingerprint density at radius 1 is 1.08 bits per heavy atom. The Hall–Kier alpha value is -1.88. The molecule has 1 atom stereocenters. The van der Waals surface area contributed by atoms with E-state index in [-0.39, 0.29) is 17.9 Å². The van der Waals surface area contributed by atoms with Crippen LogP contribution in [0.1, 0.15) is 38.8 Å². The van der Waals surface area contributed by atoms with E-state index in [4.69, 9.17) is 0 Å². The SMILES string of the molecule is CC(=O)N1CCN(CC(=O)N[C@@H](CC(C)C)c2ccccc2)CC1. The molecule has 0 bridgehead atoms. The van der Waals surface area contributed by atoms with Crippen LogP contribution >= 0.6 is 0 Å². The van der Waals surface area contributed by atoms with Crippen LogP contribution in [-0.4, -0.2) is 54.3 Å². The molecule has 0 aromatic heterocycles. The predicted molar refractivity (Wildman–Crippen MR) is 95.5 cm³/mol. The van der Waals surface area contributed by atoms with Crippen molar-refractivity contribution in [2.45, 2.75) is 33.2 Å². The summed E-state index contributed by atoms with van der Waals surface area (Å²) in [6.45, 7) is 9.26. The number of hydrogen-bond donors (Lipinski definition) is 1. The van der Waals surface area contributed by atoms with Crippen molar-refractivity contribution in [3.05, 3.63) is 35.9 Å². The van der Waals surface area contributed by atoms with Crippen LogP contribution in [0.15, 0.2) is 30.3 Å². The maximum absolute atomic E-state index is 12.5. The van der Waals surface area contributed by atoms with Crippen LogP contribution in [0.25, 0.3) is 0 Å². The third-order valence-corrected chi connectivity index (χ3v) is 4.43. The van der Waals surface area contributed by atoms with Gasteiger partial charge in [-0.05, 0) is 17.9 Å². The van der Waals surface area contributed by atoms with Gasteiger partial charge in [-0.25, -0.2) is 0 Å². The van der Waals surface area contributed by atoms with Crippen LogP contribution in [0, 0.1) is 5.92 Å². The lowest BCUT2D eigenvalue weighted by Crippen LogP contribution is -2.50. The van der Waals surface area contributed by atoms with Crippen LogP contribution in [0.3, 0.4) is 0 Å². The Balaban J connectivity index is 1.88. The van der Waals surface area contributed by atoms with Gasteiger partial charge in [0.15, 0.2) is 0 Å². The van der Waals surface area contributed by atoms with Gasteiger partial charge < -0.3 is 10.2 Å². The van der Waals surface area contributed by atoms with Gasteiger partial charge in [0.2, 0.25) is 11.8 Å². The minimum absolute atomic E-state index is 0.0530. The van der Waals surface area contributed by atoms with Crippen molar-refractivity contribution in [1.82, 2.24) is 15.1 Å². The molecular formula is C19H29N3O2. The van der Waals surface area contributed by atoms with Gasteiger partial charge in [0.1, 0.15) is 0 Å². The van der Waals surface area contributed by atoms with Gasteiger partial charge in [-0.2, -0.15) is 0 Å². The molecule has 1 N–H and O–H groups in total. The molecule has 1 saturated heterocycles. The first-order valence-corrected chi connectivity index (χ1v) is 8.78. The Labute approximate surface area is 145 Å². The van der Waals surface area contributed by atoms with E-state index in [1.165, 1.54) is 0 Å². The smallest absolute Gasteiger partial charge is 0.234 e. The summed E-state index contributed by atoms with van der Waals surface area (Å²) in [6, 6.07) is 10.2. The van der Waals surface area contributed by atoms with E-state index in [1.807, 2.05) is 23.1 Å². The molecule has 1 heterocycles. The zero-order valence-corrected chi connectivity index (χ0v) is 15.0. The molecule has 0 saturated carbocycles. The van der Waals surface area contributed by atoms with Gasteiger partial charge in [0.25, 0.3) is 0 Å². The van der Waals surface area contributed by atoms with Crippen LogP contribution in [0.2, 0.25) is 0 Å². The molecule has 1 aromatic carbocycles. The predicted octanol–water partition coefficient (Wildman–Crippen LogP) is 2.05. The molecule has 132 valence electrons. The average molecular weight is 331 g/mol. The highest BCUT2D eigenvalue weighted by Gasteiger charge is 2.22. The van der Waals surface area contributed by atoms with Gasteiger partial charge in [0, 0.05) is 33.1 Å². The molecule has 1 aliphatic rings. The zero-order valence-electron chi connectivity index (χ0n) is 15.0. The first-order valence-electron chi connectivity index (χ1n) is 8.78. The zero-order chi connectivity index (χ0) is 17.5. The van der Waals surface area contributed by atoms with E-state index in [1.54, 1.807) is 6.92 Å². The van der Waals surface area contributed by atoms with E-state index in [2.05, 4.69) is 36.2 Å². The lowest BCUT2D eigenvalue weighted by molar-refractivity contribution is -0.131. The molecule has 2 rings (SSSR count). The quantitative estimate of drug-likeness (QED) is 0.868. The number of carbonyl (C=O) groups excluding carboxylic acids is 2. The van der Waals surface area contributed by atoms with E-state index in [0.717, 1.165) is 25.1 Å². The Bertz CT molecular complexity index is 537. The second-order valence-electron chi connectivity index (χ2n) is 6.94. The molecule has 0 aliphatic carbocycles. The van der Waals surface area contributed by atoms with E-state index in [9.17, 15) is 9.59 Å². The standard InChI is InChI=1S/C19H29N3O2/c1-15(2)13-18(17-7-5-4-6-8-17)20-19(24)14-21-9-11-22(12-10-21)16(3)23/h4-8,15,18H,9-14H2,1-3H3,(H,20,24)/t18-/m0/s1. The molecule has 5 heteroatoms. The summed E-state index contributed by atoms with van der Waals surface area (Å²) in [5, 5.41) is 3.18. The molecule has 0 unspecified atom stereocenters. The summed E-state index contributed by atoms with van der Waals surface area (Å²) in [5.41, 5.74) is 1.15. The van der Waals surface area contributed by atoms with Crippen LogP contribution < -0.4 is 5.32 Å². The summed E-state index contributed by atoms with van der Waals surface area (Å²) >= 11 is 0. The topological polar surface area (TPSA) is 52.7 Å². The maximum Gasteiger partial charge on any atom is 0.234 e. The fraction of sp³-hybridized carbons (Fsp3) is 0.579. The van der Waals surface area contributed by atoms with E-state index in [0.29, 0.717) is 25.6 Å². The second kappa shape index (κ2) is 8.83. The number of amides is 2. The molecule has 2 amide bonds. The molecule has 1 aromatic rings.